The largest absolute Gasteiger partial charge is 0.416 e. The topological polar surface area (TPSA) is 66.1 Å². The van der Waals surface area contributed by atoms with E-state index in [9.17, 15) is 22.8 Å². The van der Waals surface area contributed by atoms with E-state index in [0.29, 0.717) is 11.3 Å². The van der Waals surface area contributed by atoms with Gasteiger partial charge in [-0.25, -0.2) is 4.98 Å². The van der Waals surface area contributed by atoms with Gasteiger partial charge in [0, 0.05) is 23.9 Å². The Bertz CT molecular complexity index is 874. The molecule has 0 saturated heterocycles. The number of halogens is 3. The predicted octanol–water partition coefficient (Wildman–Crippen LogP) is 2.75. The molecule has 2 aromatic rings. The minimum absolute atomic E-state index is 0.00637. The normalized spacial score (nSPS) is 17.0. The Labute approximate surface area is 135 Å². The first-order valence-electron chi connectivity index (χ1n) is 7.24. The Hall–Kier alpha value is -2.64. The Morgan fingerprint density at radius 3 is 2.71 bits per heavy atom. The van der Waals surface area contributed by atoms with E-state index in [1.54, 1.807) is 6.07 Å². The van der Waals surface area contributed by atoms with Gasteiger partial charge in [0.1, 0.15) is 5.82 Å². The fourth-order valence-corrected chi connectivity index (χ4v) is 2.92. The molecule has 1 atom stereocenters. The average Bonchev–Trinajstić information content (AvgIpc) is 2.87. The first-order chi connectivity index (χ1) is 11.2. The van der Waals surface area contributed by atoms with Crippen LogP contribution >= 0.6 is 0 Å². The molecule has 24 heavy (non-hydrogen) atoms. The van der Waals surface area contributed by atoms with Crippen molar-refractivity contribution in [3.63, 3.8) is 0 Å². The van der Waals surface area contributed by atoms with E-state index in [1.807, 2.05) is 0 Å². The van der Waals surface area contributed by atoms with Crippen LogP contribution in [0, 0.1) is 6.92 Å². The third-order valence-electron chi connectivity index (χ3n) is 3.99. The van der Waals surface area contributed by atoms with Crippen molar-refractivity contribution in [3.05, 3.63) is 51.6 Å². The Morgan fingerprint density at radius 2 is 2.08 bits per heavy atom. The monoisotopic (exact) mass is 337 g/mol. The smallest absolute Gasteiger partial charge is 0.329 e. The summed E-state index contributed by atoms with van der Waals surface area (Å²) in [5.41, 5.74) is -0.240. The summed E-state index contributed by atoms with van der Waals surface area (Å²) >= 11 is 0. The molecule has 1 aliphatic heterocycles. The molecule has 2 aromatic heterocycles. The van der Waals surface area contributed by atoms with Crippen molar-refractivity contribution >= 4 is 17.3 Å². The zero-order chi connectivity index (χ0) is 17.6. The lowest BCUT2D eigenvalue weighted by atomic mass is 10.1. The second-order valence-corrected chi connectivity index (χ2v) is 5.72. The van der Waals surface area contributed by atoms with E-state index >= 15 is 0 Å². The zero-order valence-corrected chi connectivity index (χ0v) is 12.9. The van der Waals surface area contributed by atoms with Gasteiger partial charge in [-0.1, -0.05) is 0 Å². The molecule has 0 bridgehead atoms. The van der Waals surface area contributed by atoms with E-state index < -0.39 is 17.8 Å². The van der Waals surface area contributed by atoms with Crippen molar-refractivity contribution in [2.45, 2.75) is 32.5 Å². The molecule has 126 valence electrons. The summed E-state index contributed by atoms with van der Waals surface area (Å²) in [6.07, 6.45) is -2.99. The van der Waals surface area contributed by atoms with Crippen LogP contribution in [0.3, 0.4) is 0 Å². The van der Waals surface area contributed by atoms with Crippen molar-refractivity contribution in [1.29, 1.82) is 0 Å². The molecule has 0 amide bonds. The summed E-state index contributed by atoms with van der Waals surface area (Å²) in [5.74, 6) is -0.241. The number of nitrogens with zero attached hydrogens (tertiary/aromatic N) is 2. The second-order valence-electron chi connectivity index (χ2n) is 5.72. The number of carbonyl (C=O) groups excluding carboxylic acids is 1. The van der Waals surface area contributed by atoms with Gasteiger partial charge in [-0.2, -0.15) is 13.2 Å². The molecule has 0 spiro atoms. The molecule has 5 nitrogen and oxygen atoms in total. The molecule has 0 saturated carbocycles. The molecular formula is C16H14F3N3O2. The number of anilines is 2. The van der Waals surface area contributed by atoms with Crippen molar-refractivity contribution in [3.8, 4) is 0 Å². The van der Waals surface area contributed by atoms with Gasteiger partial charge in [-0.3, -0.25) is 9.59 Å². The second kappa shape index (κ2) is 5.47. The van der Waals surface area contributed by atoms with E-state index in [-0.39, 0.29) is 29.3 Å². The van der Waals surface area contributed by atoms with Crippen LogP contribution in [0.5, 0.6) is 0 Å². The highest BCUT2D eigenvalue weighted by Gasteiger charge is 2.38. The van der Waals surface area contributed by atoms with Gasteiger partial charge < -0.3 is 9.88 Å². The van der Waals surface area contributed by atoms with Crippen LogP contribution in [-0.2, 0) is 17.4 Å². The zero-order valence-electron chi connectivity index (χ0n) is 12.9. The summed E-state index contributed by atoms with van der Waals surface area (Å²) < 4.78 is 39.2. The fourth-order valence-electron chi connectivity index (χ4n) is 2.92. The van der Waals surface area contributed by atoms with Gasteiger partial charge in [0.25, 0.3) is 5.56 Å². The van der Waals surface area contributed by atoms with Crippen LogP contribution in [-0.4, -0.2) is 21.8 Å². The Balaban J connectivity index is 2.20. The number of pyridine rings is 2. The maximum absolute atomic E-state index is 13.1. The number of fused-ring (bicyclic) bond motifs is 1. The molecule has 0 radical (unpaired) electrons. The number of rotatable bonds is 2. The van der Waals surface area contributed by atoms with Gasteiger partial charge in [-0.05, 0) is 32.0 Å². The molecule has 8 heteroatoms. The maximum atomic E-state index is 13.1. The summed E-state index contributed by atoms with van der Waals surface area (Å²) in [6, 6.07) is 2.66. The molecule has 0 aliphatic carbocycles. The third-order valence-corrected chi connectivity index (χ3v) is 3.99. The number of H-pyrrole nitrogens is 1. The SMILES string of the molecule is CC(=O)C1Cc2c(cc[nH]c2=O)N1c1cc(C(F)(F)F)cc(C)n1. The standard InChI is InChI=1S/C16H14F3N3O2/c1-8-5-10(16(17,18)19)6-14(21-8)22-12-3-4-20-15(24)11(12)7-13(22)9(2)23/h3-6,13H,7H2,1-2H3,(H,20,24). The highest BCUT2D eigenvalue weighted by atomic mass is 19.4. The van der Waals surface area contributed by atoms with Crippen LogP contribution < -0.4 is 10.5 Å². The van der Waals surface area contributed by atoms with Crippen molar-refractivity contribution in [2.75, 3.05) is 4.90 Å². The number of ketones is 1. The van der Waals surface area contributed by atoms with Crippen molar-refractivity contribution in [2.24, 2.45) is 0 Å². The minimum Gasteiger partial charge on any atom is -0.329 e. The van der Waals surface area contributed by atoms with E-state index in [2.05, 4.69) is 9.97 Å². The Kier molecular flexibility index (Phi) is 3.70. The van der Waals surface area contributed by atoms with Gasteiger partial charge in [0.2, 0.25) is 0 Å². The van der Waals surface area contributed by atoms with Crippen LogP contribution in [0.15, 0.2) is 29.2 Å². The predicted molar refractivity (Wildman–Crippen MR) is 81.4 cm³/mol. The first kappa shape index (κ1) is 16.2. The van der Waals surface area contributed by atoms with E-state index in [1.165, 1.54) is 24.9 Å². The number of alkyl halides is 3. The number of nitrogens with one attached hydrogen (secondary N) is 1. The summed E-state index contributed by atoms with van der Waals surface area (Å²) in [4.78, 5) is 32.0. The fraction of sp³-hybridized carbons (Fsp3) is 0.312. The molecular weight excluding hydrogens is 323 g/mol. The highest BCUT2D eigenvalue weighted by Crippen LogP contribution is 2.38. The molecule has 3 rings (SSSR count). The molecule has 1 aliphatic rings. The molecule has 0 aromatic carbocycles. The van der Waals surface area contributed by atoms with Gasteiger partial charge in [0.15, 0.2) is 5.78 Å². The number of aromatic nitrogens is 2. The van der Waals surface area contributed by atoms with Crippen molar-refractivity contribution in [1.82, 2.24) is 9.97 Å². The third kappa shape index (κ3) is 2.68. The summed E-state index contributed by atoms with van der Waals surface area (Å²) in [7, 11) is 0. The van der Waals surface area contributed by atoms with Crippen LogP contribution in [0.2, 0.25) is 0 Å². The lowest BCUT2D eigenvalue weighted by molar-refractivity contribution is -0.137. The number of carbonyl (C=O) groups is 1. The maximum Gasteiger partial charge on any atom is 0.416 e. The number of aromatic amines is 1. The van der Waals surface area contributed by atoms with Gasteiger partial charge >= 0.3 is 6.18 Å². The number of hydrogen-bond donors (Lipinski definition) is 1. The highest BCUT2D eigenvalue weighted by molar-refractivity contribution is 5.90. The van der Waals surface area contributed by atoms with E-state index in [4.69, 9.17) is 0 Å². The van der Waals surface area contributed by atoms with Gasteiger partial charge in [-0.15, -0.1) is 0 Å². The van der Waals surface area contributed by atoms with E-state index in [0.717, 1.165) is 12.1 Å². The average molecular weight is 337 g/mol. The number of hydrogen-bond acceptors (Lipinski definition) is 4. The van der Waals surface area contributed by atoms with Crippen LogP contribution in [0.4, 0.5) is 24.7 Å². The van der Waals surface area contributed by atoms with Gasteiger partial charge in [0.05, 0.1) is 17.3 Å². The summed E-state index contributed by atoms with van der Waals surface area (Å²) in [6.45, 7) is 2.80. The van der Waals surface area contributed by atoms with Crippen LogP contribution in [0.25, 0.3) is 0 Å². The number of Topliss-reactive ketones (excluding diaryl/α,β-unsaturated/α-hetero) is 1. The van der Waals surface area contributed by atoms with Crippen LogP contribution in [0.1, 0.15) is 23.7 Å². The Morgan fingerprint density at radius 1 is 1.38 bits per heavy atom. The summed E-state index contributed by atoms with van der Waals surface area (Å²) in [5, 5.41) is 0. The molecule has 0 fully saturated rings. The molecule has 3 heterocycles. The number of aryl methyl sites for hydroxylation is 1. The molecule has 1 unspecified atom stereocenters. The quantitative estimate of drug-likeness (QED) is 0.915. The lowest BCUT2D eigenvalue weighted by Gasteiger charge is -2.25. The lowest BCUT2D eigenvalue weighted by Crippen LogP contribution is -2.34. The minimum atomic E-state index is -4.52. The molecule has 1 N–H and O–H groups in total. The first-order valence-corrected chi connectivity index (χ1v) is 7.24. The van der Waals surface area contributed by atoms with Crippen molar-refractivity contribution < 1.29 is 18.0 Å².